The number of aromatic carboxylic acids is 1. The number of nitrogens with two attached hydrogens (primary N) is 1. The van der Waals surface area contributed by atoms with Crippen LogP contribution < -0.4 is 5.73 Å². The molecule has 3 N–H and O–H groups in total. The zero-order chi connectivity index (χ0) is 11.3. The van der Waals surface area contributed by atoms with Crippen LogP contribution in [0.1, 0.15) is 33.6 Å². The second kappa shape index (κ2) is 5.26. The fourth-order valence-corrected chi connectivity index (χ4v) is 1.31. The van der Waals surface area contributed by atoms with Gasteiger partial charge in [-0.25, -0.2) is 4.79 Å². The summed E-state index contributed by atoms with van der Waals surface area (Å²) in [6, 6.07) is 6.21. The van der Waals surface area contributed by atoms with Crippen LogP contribution in [0.5, 0.6) is 0 Å². The van der Waals surface area contributed by atoms with E-state index in [2.05, 4.69) is 0 Å². The third kappa shape index (κ3) is 2.89. The molecule has 0 spiro atoms. The smallest absolute Gasteiger partial charge is 0.336 e. The summed E-state index contributed by atoms with van der Waals surface area (Å²) in [4.78, 5) is 22.4. The van der Waals surface area contributed by atoms with Crippen LogP contribution in [-0.4, -0.2) is 23.4 Å². The van der Waals surface area contributed by atoms with Crippen LogP contribution in [-0.2, 0) is 0 Å². The summed E-state index contributed by atoms with van der Waals surface area (Å²) in [6.07, 6.45) is 0.869. The molecule has 0 fully saturated rings. The Morgan fingerprint density at radius 3 is 2.33 bits per heavy atom. The van der Waals surface area contributed by atoms with E-state index in [9.17, 15) is 9.59 Å². The van der Waals surface area contributed by atoms with Gasteiger partial charge in [0.2, 0.25) is 0 Å². The van der Waals surface area contributed by atoms with Gasteiger partial charge >= 0.3 is 5.97 Å². The zero-order valence-electron chi connectivity index (χ0n) is 8.27. The van der Waals surface area contributed by atoms with Crippen LogP contribution in [0, 0.1) is 0 Å². The van der Waals surface area contributed by atoms with Gasteiger partial charge in [0, 0.05) is 12.0 Å². The normalized spacial score (nSPS) is 9.93. The van der Waals surface area contributed by atoms with Gasteiger partial charge in [0.05, 0.1) is 5.56 Å². The molecule has 0 atom stereocenters. The fraction of sp³-hybridized carbons (Fsp3) is 0.273. The van der Waals surface area contributed by atoms with Gasteiger partial charge in [0.15, 0.2) is 5.78 Å². The lowest BCUT2D eigenvalue weighted by atomic mass is 10.0. The molecule has 0 aromatic heterocycles. The van der Waals surface area contributed by atoms with Crippen molar-refractivity contribution < 1.29 is 14.7 Å². The van der Waals surface area contributed by atoms with Crippen molar-refractivity contribution in [1.82, 2.24) is 0 Å². The third-order valence-corrected chi connectivity index (χ3v) is 2.07. The van der Waals surface area contributed by atoms with Crippen LogP contribution in [0.3, 0.4) is 0 Å². The van der Waals surface area contributed by atoms with Gasteiger partial charge in [-0.2, -0.15) is 0 Å². The average molecular weight is 207 g/mol. The summed E-state index contributed by atoms with van der Waals surface area (Å²) in [5.74, 6) is -1.25. The van der Waals surface area contributed by atoms with E-state index in [4.69, 9.17) is 10.8 Å². The van der Waals surface area contributed by atoms with Crippen molar-refractivity contribution in [2.75, 3.05) is 6.54 Å². The molecule has 0 aliphatic rings. The largest absolute Gasteiger partial charge is 0.478 e. The van der Waals surface area contributed by atoms with Crippen molar-refractivity contribution in [3.05, 3.63) is 35.4 Å². The molecule has 0 aliphatic heterocycles. The highest BCUT2D eigenvalue weighted by atomic mass is 16.4. The molecule has 0 saturated carbocycles. The van der Waals surface area contributed by atoms with Crippen molar-refractivity contribution in [3.63, 3.8) is 0 Å². The number of benzene rings is 1. The molecule has 0 saturated heterocycles. The summed E-state index contributed by atoms with van der Waals surface area (Å²) >= 11 is 0. The number of ketones is 1. The highest BCUT2D eigenvalue weighted by Crippen LogP contribution is 2.12. The van der Waals surface area contributed by atoms with Crippen molar-refractivity contribution >= 4 is 11.8 Å². The van der Waals surface area contributed by atoms with Gasteiger partial charge in [-0.3, -0.25) is 4.79 Å². The van der Waals surface area contributed by atoms with Crippen LogP contribution >= 0.6 is 0 Å². The number of carboxylic acid groups (broad SMARTS) is 1. The topological polar surface area (TPSA) is 80.4 Å². The predicted octanol–water partition coefficient (Wildman–Crippen LogP) is 1.31. The van der Waals surface area contributed by atoms with Gasteiger partial charge in [-0.1, -0.05) is 18.2 Å². The number of Topliss-reactive ketones (excluding diaryl/α,β-unsaturated/α-hetero) is 1. The Kier molecular flexibility index (Phi) is 4.00. The molecule has 15 heavy (non-hydrogen) atoms. The highest BCUT2D eigenvalue weighted by Gasteiger charge is 2.14. The lowest BCUT2D eigenvalue weighted by molar-refractivity contribution is 0.0691. The molecule has 1 aromatic carbocycles. The first-order valence-electron chi connectivity index (χ1n) is 4.72. The second-order valence-corrected chi connectivity index (χ2v) is 3.17. The van der Waals surface area contributed by atoms with Crippen LogP contribution in [0.25, 0.3) is 0 Å². The molecule has 0 bridgehead atoms. The Hall–Kier alpha value is -1.68. The van der Waals surface area contributed by atoms with E-state index in [1.54, 1.807) is 12.1 Å². The number of hydrogen-bond donors (Lipinski definition) is 2. The van der Waals surface area contributed by atoms with Crippen LogP contribution in [0.4, 0.5) is 0 Å². The molecule has 4 heteroatoms. The molecule has 0 unspecified atom stereocenters. The maximum absolute atomic E-state index is 11.6. The molecule has 80 valence electrons. The number of carbonyl (C=O) groups excluding carboxylic acids is 1. The standard InChI is InChI=1S/C11H13NO3/c12-7-3-6-10(13)8-4-1-2-5-9(8)11(14)15/h1-2,4-5H,3,6-7,12H2,(H,14,15). The van der Waals surface area contributed by atoms with Gasteiger partial charge in [0.1, 0.15) is 0 Å². The molecule has 0 aliphatic carbocycles. The first-order chi connectivity index (χ1) is 7.16. The molecular formula is C11H13NO3. The number of carboxylic acids is 1. The Balaban J connectivity index is 2.92. The SMILES string of the molecule is NCCCC(=O)c1ccccc1C(=O)O. The number of carbonyl (C=O) groups is 2. The van der Waals surface area contributed by atoms with Crippen molar-refractivity contribution in [1.29, 1.82) is 0 Å². The molecule has 1 rings (SSSR count). The predicted molar refractivity (Wildman–Crippen MR) is 56.0 cm³/mol. The van der Waals surface area contributed by atoms with E-state index in [1.807, 2.05) is 0 Å². The summed E-state index contributed by atoms with van der Waals surface area (Å²) in [5.41, 5.74) is 5.60. The molecule has 1 aromatic rings. The maximum atomic E-state index is 11.6. The van der Waals surface area contributed by atoms with E-state index in [1.165, 1.54) is 12.1 Å². The summed E-state index contributed by atoms with van der Waals surface area (Å²) in [5, 5.41) is 8.86. The van der Waals surface area contributed by atoms with Gasteiger partial charge in [-0.05, 0) is 19.0 Å². The molecule has 0 heterocycles. The molecule has 0 amide bonds. The van der Waals surface area contributed by atoms with E-state index < -0.39 is 5.97 Å². The Morgan fingerprint density at radius 1 is 1.20 bits per heavy atom. The summed E-state index contributed by atoms with van der Waals surface area (Å²) in [7, 11) is 0. The maximum Gasteiger partial charge on any atom is 0.336 e. The lowest BCUT2D eigenvalue weighted by Gasteiger charge is -2.03. The Morgan fingerprint density at radius 2 is 1.80 bits per heavy atom. The van der Waals surface area contributed by atoms with Gasteiger partial charge in [-0.15, -0.1) is 0 Å². The Labute approximate surface area is 87.7 Å². The fourth-order valence-electron chi connectivity index (χ4n) is 1.31. The quantitative estimate of drug-likeness (QED) is 0.713. The molecule has 0 radical (unpaired) electrons. The zero-order valence-corrected chi connectivity index (χ0v) is 8.27. The van der Waals surface area contributed by atoms with Gasteiger partial charge in [0.25, 0.3) is 0 Å². The first-order valence-corrected chi connectivity index (χ1v) is 4.72. The minimum atomic E-state index is -1.08. The van der Waals surface area contributed by atoms with Crippen molar-refractivity contribution in [2.45, 2.75) is 12.8 Å². The molecular weight excluding hydrogens is 194 g/mol. The Bertz CT molecular complexity index is 374. The summed E-state index contributed by atoms with van der Waals surface area (Å²) in [6.45, 7) is 0.432. The average Bonchev–Trinajstić information content (AvgIpc) is 2.25. The van der Waals surface area contributed by atoms with Gasteiger partial charge < -0.3 is 10.8 Å². The van der Waals surface area contributed by atoms with Crippen LogP contribution in [0.2, 0.25) is 0 Å². The minimum absolute atomic E-state index is 0.0551. The summed E-state index contributed by atoms with van der Waals surface area (Å²) < 4.78 is 0. The van der Waals surface area contributed by atoms with Crippen LogP contribution in [0.15, 0.2) is 24.3 Å². The minimum Gasteiger partial charge on any atom is -0.478 e. The molecule has 4 nitrogen and oxygen atoms in total. The highest BCUT2D eigenvalue weighted by molar-refractivity contribution is 6.05. The lowest BCUT2D eigenvalue weighted by Crippen LogP contribution is -2.10. The number of rotatable bonds is 5. The van der Waals surface area contributed by atoms with E-state index in [-0.39, 0.29) is 16.9 Å². The van der Waals surface area contributed by atoms with E-state index in [0.717, 1.165) is 0 Å². The second-order valence-electron chi connectivity index (χ2n) is 3.17. The van der Waals surface area contributed by atoms with E-state index >= 15 is 0 Å². The van der Waals surface area contributed by atoms with Crippen molar-refractivity contribution in [2.24, 2.45) is 5.73 Å². The van der Waals surface area contributed by atoms with Crippen molar-refractivity contribution in [3.8, 4) is 0 Å². The number of hydrogen-bond acceptors (Lipinski definition) is 3. The first kappa shape index (κ1) is 11.4. The monoisotopic (exact) mass is 207 g/mol. The third-order valence-electron chi connectivity index (χ3n) is 2.07. The van der Waals surface area contributed by atoms with E-state index in [0.29, 0.717) is 19.4 Å².